The molecule has 1 aliphatic carbocycles. The fourth-order valence-corrected chi connectivity index (χ4v) is 3.28. The molecule has 1 aliphatic rings. The molecule has 1 N–H and O–H groups in total. The van der Waals surface area contributed by atoms with Gasteiger partial charge in [-0.05, 0) is 54.7 Å². The van der Waals surface area contributed by atoms with Crippen molar-refractivity contribution < 1.29 is 14.3 Å². The Morgan fingerprint density at radius 2 is 1.97 bits per heavy atom. The zero-order chi connectivity index (χ0) is 20.3. The van der Waals surface area contributed by atoms with Gasteiger partial charge in [-0.25, -0.2) is 4.98 Å². The van der Waals surface area contributed by atoms with Crippen LogP contribution in [0.4, 0.5) is 5.82 Å². The number of hydrogen-bond acceptors (Lipinski definition) is 5. The topological polar surface area (TPSA) is 84.2 Å². The molecule has 1 heterocycles. The SMILES string of the molecule is N#CCOc1ccc(/C=C/C(=O)Nc2ncccc2OCC2CCCCC2)cc1. The van der Waals surface area contributed by atoms with Gasteiger partial charge >= 0.3 is 0 Å². The monoisotopic (exact) mass is 391 g/mol. The standard InChI is InChI=1S/C23H25N3O3/c24-14-16-28-20-11-8-18(9-12-20)10-13-22(27)26-23-21(7-4-15-25-23)29-17-19-5-2-1-3-6-19/h4,7-13,15,19H,1-3,5-6,16-17H2,(H,25,26,27)/b13-10+. The van der Waals surface area contributed by atoms with Gasteiger partial charge in [0.2, 0.25) is 5.91 Å². The van der Waals surface area contributed by atoms with Crippen molar-refractivity contribution in [2.45, 2.75) is 32.1 Å². The first-order valence-electron chi connectivity index (χ1n) is 9.91. The molecular weight excluding hydrogens is 366 g/mol. The largest absolute Gasteiger partial charge is 0.489 e. The second-order valence-corrected chi connectivity index (χ2v) is 7.00. The van der Waals surface area contributed by atoms with Crippen molar-refractivity contribution in [3.8, 4) is 17.6 Å². The second-order valence-electron chi connectivity index (χ2n) is 7.00. The molecule has 0 spiro atoms. The van der Waals surface area contributed by atoms with E-state index in [0.29, 0.717) is 29.8 Å². The van der Waals surface area contributed by atoms with E-state index in [0.717, 1.165) is 5.56 Å². The molecule has 1 amide bonds. The van der Waals surface area contributed by atoms with E-state index in [1.54, 1.807) is 30.5 Å². The van der Waals surface area contributed by atoms with Gasteiger partial charge in [0, 0.05) is 12.3 Å². The summed E-state index contributed by atoms with van der Waals surface area (Å²) >= 11 is 0. The Bertz CT molecular complexity index is 866. The van der Waals surface area contributed by atoms with Gasteiger partial charge in [0.05, 0.1) is 6.61 Å². The molecule has 2 aromatic rings. The molecule has 6 heteroatoms. The number of ether oxygens (including phenoxy) is 2. The van der Waals surface area contributed by atoms with Crippen LogP contribution in [-0.2, 0) is 4.79 Å². The summed E-state index contributed by atoms with van der Waals surface area (Å²) in [5.41, 5.74) is 0.847. The predicted octanol–water partition coefficient (Wildman–Crippen LogP) is 4.59. The third-order valence-electron chi connectivity index (χ3n) is 4.82. The van der Waals surface area contributed by atoms with Gasteiger partial charge in [-0.3, -0.25) is 4.79 Å². The quantitative estimate of drug-likeness (QED) is 0.665. The minimum Gasteiger partial charge on any atom is -0.489 e. The summed E-state index contributed by atoms with van der Waals surface area (Å²) in [5.74, 6) is 1.93. The summed E-state index contributed by atoms with van der Waals surface area (Å²) in [5, 5.41) is 11.3. The van der Waals surface area contributed by atoms with Gasteiger partial charge in [0.15, 0.2) is 18.2 Å². The van der Waals surface area contributed by atoms with Gasteiger partial charge in [-0.2, -0.15) is 5.26 Å². The van der Waals surface area contributed by atoms with Crippen LogP contribution in [0.15, 0.2) is 48.7 Å². The lowest BCUT2D eigenvalue weighted by Crippen LogP contribution is -2.17. The van der Waals surface area contributed by atoms with Crippen molar-refractivity contribution in [2.24, 2.45) is 5.92 Å². The van der Waals surface area contributed by atoms with E-state index in [4.69, 9.17) is 14.7 Å². The number of nitrogens with zero attached hydrogens (tertiary/aromatic N) is 2. The molecule has 1 aromatic carbocycles. The van der Waals surface area contributed by atoms with Crippen molar-refractivity contribution in [2.75, 3.05) is 18.5 Å². The van der Waals surface area contributed by atoms with Gasteiger partial charge in [-0.15, -0.1) is 0 Å². The van der Waals surface area contributed by atoms with E-state index in [1.165, 1.54) is 38.2 Å². The van der Waals surface area contributed by atoms with E-state index in [9.17, 15) is 4.79 Å². The average Bonchev–Trinajstić information content (AvgIpc) is 2.77. The lowest BCUT2D eigenvalue weighted by molar-refractivity contribution is -0.111. The number of hydrogen-bond donors (Lipinski definition) is 1. The highest BCUT2D eigenvalue weighted by atomic mass is 16.5. The maximum absolute atomic E-state index is 12.3. The summed E-state index contributed by atoms with van der Waals surface area (Å²) in [6, 6.07) is 12.7. The summed E-state index contributed by atoms with van der Waals surface area (Å²) in [6.07, 6.45) is 11.0. The number of amides is 1. The van der Waals surface area contributed by atoms with E-state index in [1.807, 2.05) is 24.3 Å². The van der Waals surface area contributed by atoms with Crippen LogP contribution in [0.3, 0.4) is 0 Å². The van der Waals surface area contributed by atoms with E-state index in [-0.39, 0.29) is 12.5 Å². The Kier molecular flexibility index (Phi) is 7.64. The molecule has 6 nitrogen and oxygen atoms in total. The number of rotatable bonds is 8. The van der Waals surface area contributed by atoms with Crippen molar-refractivity contribution in [1.29, 1.82) is 5.26 Å². The maximum atomic E-state index is 12.3. The summed E-state index contributed by atoms with van der Waals surface area (Å²) in [7, 11) is 0. The smallest absolute Gasteiger partial charge is 0.249 e. The molecule has 1 saturated carbocycles. The fraction of sp³-hybridized carbons (Fsp3) is 0.348. The highest BCUT2D eigenvalue weighted by Crippen LogP contribution is 2.27. The van der Waals surface area contributed by atoms with Crippen LogP contribution in [-0.4, -0.2) is 24.1 Å². The van der Waals surface area contributed by atoms with Crippen LogP contribution < -0.4 is 14.8 Å². The predicted molar refractivity (Wildman–Crippen MR) is 112 cm³/mol. The average molecular weight is 391 g/mol. The maximum Gasteiger partial charge on any atom is 0.249 e. The van der Waals surface area contributed by atoms with Gasteiger partial charge in [0.25, 0.3) is 0 Å². The second kappa shape index (κ2) is 10.9. The molecule has 0 radical (unpaired) electrons. The Morgan fingerprint density at radius 3 is 2.72 bits per heavy atom. The zero-order valence-corrected chi connectivity index (χ0v) is 16.3. The van der Waals surface area contributed by atoms with Crippen LogP contribution >= 0.6 is 0 Å². The van der Waals surface area contributed by atoms with Crippen LogP contribution in [0.2, 0.25) is 0 Å². The number of benzene rings is 1. The van der Waals surface area contributed by atoms with Crippen molar-refractivity contribution >= 4 is 17.8 Å². The first-order chi connectivity index (χ1) is 14.2. The Labute approximate surface area is 171 Å². The van der Waals surface area contributed by atoms with E-state index in [2.05, 4.69) is 10.3 Å². The molecule has 0 bridgehead atoms. The van der Waals surface area contributed by atoms with Gasteiger partial charge in [0.1, 0.15) is 11.8 Å². The number of carbonyl (C=O) groups is 1. The highest BCUT2D eigenvalue weighted by Gasteiger charge is 2.15. The van der Waals surface area contributed by atoms with Crippen LogP contribution in [0.25, 0.3) is 6.08 Å². The van der Waals surface area contributed by atoms with E-state index >= 15 is 0 Å². The minimum absolute atomic E-state index is 0.00676. The molecule has 150 valence electrons. The fourth-order valence-electron chi connectivity index (χ4n) is 3.28. The van der Waals surface area contributed by atoms with Crippen molar-refractivity contribution in [1.82, 2.24) is 4.98 Å². The van der Waals surface area contributed by atoms with Crippen LogP contribution in [0.1, 0.15) is 37.7 Å². The van der Waals surface area contributed by atoms with Gasteiger partial charge < -0.3 is 14.8 Å². The number of pyridine rings is 1. The third kappa shape index (κ3) is 6.65. The lowest BCUT2D eigenvalue weighted by Gasteiger charge is -2.22. The molecule has 29 heavy (non-hydrogen) atoms. The zero-order valence-electron chi connectivity index (χ0n) is 16.3. The van der Waals surface area contributed by atoms with E-state index < -0.39 is 0 Å². The first kappa shape index (κ1) is 20.4. The molecular formula is C23H25N3O3. The number of anilines is 1. The first-order valence-corrected chi connectivity index (χ1v) is 9.91. The number of carbonyl (C=O) groups excluding carboxylic acids is 1. The van der Waals surface area contributed by atoms with Crippen LogP contribution in [0.5, 0.6) is 11.5 Å². The Hall–Kier alpha value is -3.33. The minimum atomic E-state index is -0.281. The molecule has 0 atom stereocenters. The number of aromatic nitrogens is 1. The lowest BCUT2D eigenvalue weighted by atomic mass is 9.90. The normalized spacial score (nSPS) is 14.3. The molecule has 0 saturated heterocycles. The third-order valence-corrected chi connectivity index (χ3v) is 4.82. The van der Waals surface area contributed by atoms with Gasteiger partial charge in [-0.1, -0.05) is 31.4 Å². The summed E-state index contributed by atoms with van der Waals surface area (Å²) < 4.78 is 11.2. The Balaban J connectivity index is 1.54. The molecule has 1 fully saturated rings. The van der Waals surface area contributed by atoms with Crippen molar-refractivity contribution in [3.05, 3.63) is 54.2 Å². The molecule has 0 aliphatic heterocycles. The molecule has 1 aromatic heterocycles. The molecule has 0 unspecified atom stereocenters. The molecule has 3 rings (SSSR count). The number of nitriles is 1. The summed E-state index contributed by atoms with van der Waals surface area (Å²) in [4.78, 5) is 16.5. The highest BCUT2D eigenvalue weighted by molar-refractivity contribution is 6.02. The van der Waals surface area contributed by atoms with Crippen molar-refractivity contribution in [3.63, 3.8) is 0 Å². The Morgan fingerprint density at radius 1 is 1.17 bits per heavy atom. The van der Waals surface area contributed by atoms with Crippen LogP contribution in [0, 0.1) is 17.2 Å². The number of nitrogens with one attached hydrogen (secondary N) is 1. The summed E-state index contributed by atoms with van der Waals surface area (Å²) in [6.45, 7) is 0.664.